The third kappa shape index (κ3) is 3.72. The van der Waals surface area contributed by atoms with Gasteiger partial charge in [-0.1, -0.05) is 24.6 Å². The highest BCUT2D eigenvalue weighted by Crippen LogP contribution is 2.44. The number of amides is 1. The summed E-state index contributed by atoms with van der Waals surface area (Å²) in [5.41, 5.74) is -0.398. The van der Waals surface area contributed by atoms with Crippen LogP contribution in [0.4, 0.5) is 0 Å². The Morgan fingerprint density at radius 1 is 1.32 bits per heavy atom. The van der Waals surface area contributed by atoms with E-state index in [0.29, 0.717) is 6.42 Å². The Balaban J connectivity index is 1.91. The molecule has 19 heavy (non-hydrogen) atoms. The maximum atomic E-state index is 12.0. The number of nitrogens with one attached hydrogen (secondary N) is 1. The molecule has 0 aromatic carbocycles. The first kappa shape index (κ1) is 14.4. The standard InChI is InChI=1S/C13H19NO4S/c15-10(14-9-3-6-19-12(9)18)7-13(8-11(16)17)4-1-2-5-13/h9H,1-8H2,(H,14,15)(H,16,17). The van der Waals surface area contributed by atoms with Gasteiger partial charge in [0.25, 0.3) is 0 Å². The highest BCUT2D eigenvalue weighted by atomic mass is 32.2. The lowest BCUT2D eigenvalue weighted by molar-refractivity contribution is -0.140. The van der Waals surface area contributed by atoms with E-state index >= 15 is 0 Å². The van der Waals surface area contributed by atoms with Crippen LogP contribution in [0.15, 0.2) is 0 Å². The van der Waals surface area contributed by atoms with Gasteiger partial charge in [0.2, 0.25) is 11.0 Å². The summed E-state index contributed by atoms with van der Waals surface area (Å²) in [5.74, 6) is -0.268. The van der Waals surface area contributed by atoms with E-state index in [-0.39, 0.29) is 29.9 Å². The monoisotopic (exact) mass is 285 g/mol. The maximum absolute atomic E-state index is 12.0. The number of carboxylic acids is 1. The maximum Gasteiger partial charge on any atom is 0.303 e. The largest absolute Gasteiger partial charge is 0.481 e. The van der Waals surface area contributed by atoms with Crippen molar-refractivity contribution in [3.8, 4) is 0 Å². The first-order valence-corrected chi connectivity index (χ1v) is 7.67. The van der Waals surface area contributed by atoms with Crippen molar-refractivity contribution in [2.45, 2.75) is 51.0 Å². The molecule has 0 bridgehead atoms. The van der Waals surface area contributed by atoms with Gasteiger partial charge in [0.05, 0.1) is 12.5 Å². The van der Waals surface area contributed by atoms with Crippen LogP contribution < -0.4 is 5.32 Å². The Hall–Kier alpha value is -1.04. The summed E-state index contributed by atoms with van der Waals surface area (Å²) < 4.78 is 0. The first-order valence-electron chi connectivity index (χ1n) is 6.69. The first-order chi connectivity index (χ1) is 9.01. The van der Waals surface area contributed by atoms with Crippen LogP contribution in [-0.4, -0.2) is 33.9 Å². The summed E-state index contributed by atoms with van der Waals surface area (Å²) in [6, 6.07) is -0.374. The Kier molecular flexibility index (Phi) is 4.50. The molecule has 0 radical (unpaired) electrons. The van der Waals surface area contributed by atoms with Crippen molar-refractivity contribution < 1.29 is 19.5 Å². The fourth-order valence-corrected chi connectivity index (χ4v) is 4.01. The lowest BCUT2D eigenvalue weighted by atomic mass is 9.79. The number of hydrogen-bond donors (Lipinski definition) is 2. The van der Waals surface area contributed by atoms with E-state index in [1.807, 2.05) is 0 Å². The smallest absolute Gasteiger partial charge is 0.303 e. The number of carbonyl (C=O) groups excluding carboxylic acids is 2. The fraction of sp³-hybridized carbons (Fsp3) is 0.769. The molecule has 2 rings (SSSR count). The Bertz CT molecular complexity index is 390. The van der Waals surface area contributed by atoms with Crippen LogP contribution >= 0.6 is 11.8 Å². The zero-order valence-corrected chi connectivity index (χ0v) is 11.6. The van der Waals surface area contributed by atoms with Gasteiger partial charge in [-0.3, -0.25) is 14.4 Å². The molecule has 1 aliphatic carbocycles. The number of rotatable bonds is 5. The molecule has 1 unspecified atom stereocenters. The highest BCUT2D eigenvalue weighted by molar-refractivity contribution is 8.14. The van der Waals surface area contributed by atoms with Gasteiger partial charge in [-0.15, -0.1) is 0 Å². The molecule has 6 heteroatoms. The third-order valence-electron chi connectivity index (χ3n) is 4.00. The Labute approximate surface area is 116 Å². The van der Waals surface area contributed by atoms with Gasteiger partial charge in [-0.2, -0.15) is 0 Å². The van der Waals surface area contributed by atoms with Crippen molar-refractivity contribution in [2.24, 2.45) is 5.41 Å². The zero-order valence-electron chi connectivity index (χ0n) is 10.8. The van der Waals surface area contributed by atoms with E-state index in [2.05, 4.69) is 5.32 Å². The fourth-order valence-electron chi connectivity index (χ4n) is 3.07. The number of carboxylic acid groups (broad SMARTS) is 1. The van der Waals surface area contributed by atoms with Crippen LogP contribution in [0.2, 0.25) is 0 Å². The van der Waals surface area contributed by atoms with Crippen LogP contribution in [0.3, 0.4) is 0 Å². The van der Waals surface area contributed by atoms with Gasteiger partial charge in [0, 0.05) is 12.2 Å². The normalized spacial score (nSPS) is 25.5. The average molecular weight is 285 g/mol. The molecule has 106 valence electrons. The molecule has 1 atom stereocenters. The van der Waals surface area contributed by atoms with Crippen LogP contribution in [0.5, 0.6) is 0 Å². The number of thioether (sulfide) groups is 1. The van der Waals surface area contributed by atoms with Crippen molar-refractivity contribution >= 4 is 28.8 Å². The SMILES string of the molecule is O=C(O)CC1(CC(=O)NC2CCSC2=O)CCCC1. The van der Waals surface area contributed by atoms with Gasteiger partial charge in [0.15, 0.2) is 0 Å². The molecule has 2 aliphatic rings. The van der Waals surface area contributed by atoms with Crippen LogP contribution in [0.25, 0.3) is 0 Å². The van der Waals surface area contributed by atoms with Crippen LogP contribution in [0.1, 0.15) is 44.9 Å². The van der Waals surface area contributed by atoms with Crippen molar-refractivity contribution in [1.29, 1.82) is 0 Å². The number of carbonyl (C=O) groups is 3. The van der Waals surface area contributed by atoms with E-state index in [1.165, 1.54) is 11.8 Å². The molecule has 0 spiro atoms. The second-order valence-electron chi connectivity index (χ2n) is 5.53. The van der Waals surface area contributed by atoms with E-state index in [9.17, 15) is 14.4 Å². The lowest BCUT2D eigenvalue weighted by Crippen LogP contribution is -2.40. The molecular formula is C13H19NO4S. The second-order valence-corrected chi connectivity index (χ2v) is 6.63. The number of aliphatic carboxylic acids is 1. The summed E-state index contributed by atoms with van der Waals surface area (Å²) in [5, 5.41) is 11.8. The molecule has 0 aromatic rings. The summed E-state index contributed by atoms with van der Waals surface area (Å²) in [6.45, 7) is 0. The minimum absolute atomic E-state index is 0.0204. The molecular weight excluding hydrogens is 266 g/mol. The van der Waals surface area contributed by atoms with E-state index < -0.39 is 11.4 Å². The molecule has 1 saturated carbocycles. The molecule has 1 aliphatic heterocycles. The second kappa shape index (κ2) is 5.94. The highest BCUT2D eigenvalue weighted by Gasteiger charge is 2.39. The van der Waals surface area contributed by atoms with Gasteiger partial charge in [0.1, 0.15) is 0 Å². The molecule has 2 N–H and O–H groups in total. The predicted molar refractivity (Wildman–Crippen MR) is 71.8 cm³/mol. The van der Waals surface area contributed by atoms with Crippen molar-refractivity contribution in [3.63, 3.8) is 0 Å². The van der Waals surface area contributed by atoms with E-state index in [4.69, 9.17) is 5.11 Å². The van der Waals surface area contributed by atoms with Crippen molar-refractivity contribution in [2.75, 3.05) is 5.75 Å². The molecule has 1 saturated heterocycles. The van der Waals surface area contributed by atoms with E-state index in [0.717, 1.165) is 31.4 Å². The van der Waals surface area contributed by atoms with Crippen LogP contribution in [0, 0.1) is 5.41 Å². The number of hydrogen-bond acceptors (Lipinski definition) is 4. The van der Waals surface area contributed by atoms with Crippen molar-refractivity contribution in [1.82, 2.24) is 5.32 Å². The molecule has 5 nitrogen and oxygen atoms in total. The van der Waals surface area contributed by atoms with Gasteiger partial charge >= 0.3 is 5.97 Å². The third-order valence-corrected chi connectivity index (χ3v) is 5.01. The van der Waals surface area contributed by atoms with Gasteiger partial charge < -0.3 is 10.4 Å². The van der Waals surface area contributed by atoms with Gasteiger partial charge in [-0.05, 0) is 24.7 Å². The van der Waals surface area contributed by atoms with E-state index in [1.54, 1.807) is 0 Å². The summed E-state index contributed by atoms with van der Waals surface area (Å²) in [6.07, 6.45) is 4.51. The molecule has 2 fully saturated rings. The zero-order chi connectivity index (χ0) is 13.9. The molecule has 1 heterocycles. The lowest BCUT2D eigenvalue weighted by Gasteiger charge is -2.26. The minimum atomic E-state index is -0.845. The Morgan fingerprint density at radius 3 is 2.53 bits per heavy atom. The van der Waals surface area contributed by atoms with Crippen molar-refractivity contribution in [3.05, 3.63) is 0 Å². The van der Waals surface area contributed by atoms with Gasteiger partial charge in [-0.25, -0.2) is 0 Å². The summed E-state index contributed by atoms with van der Waals surface area (Å²) in [7, 11) is 0. The Morgan fingerprint density at radius 2 is 2.00 bits per heavy atom. The average Bonchev–Trinajstić information content (AvgIpc) is 2.89. The summed E-state index contributed by atoms with van der Waals surface area (Å²) >= 11 is 1.25. The minimum Gasteiger partial charge on any atom is -0.481 e. The van der Waals surface area contributed by atoms with Crippen LogP contribution in [-0.2, 0) is 14.4 Å². The molecule has 1 amide bonds. The molecule has 0 aromatic heterocycles. The summed E-state index contributed by atoms with van der Waals surface area (Å²) in [4.78, 5) is 34.4. The topological polar surface area (TPSA) is 83.5 Å². The quantitative estimate of drug-likeness (QED) is 0.801. The predicted octanol–water partition coefficient (Wildman–Crippen LogP) is 1.56.